The Morgan fingerprint density at radius 1 is 1.83 bits per heavy atom. The molecule has 5 heteroatoms. The molecule has 0 aromatic heterocycles. The van der Waals surface area contributed by atoms with Crippen LogP contribution < -0.4 is 11.3 Å². The zero-order valence-electron chi connectivity index (χ0n) is 2.86. The smallest absolute Gasteiger partial charge is 0.228 e. The molecule has 0 aliphatic rings. The number of hydrogen-bond donors (Lipinski definition) is 2. The van der Waals surface area contributed by atoms with E-state index in [2.05, 4.69) is 17.3 Å². The number of nitrogens with zero attached hydrogens (tertiary/aromatic N) is 1. The van der Waals surface area contributed by atoms with E-state index in [9.17, 15) is 0 Å². The fourth-order valence-electron chi connectivity index (χ4n) is 0.0280. The first-order valence-corrected chi connectivity index (χ1v) is 1.56. The van der Waals surface area contributed by atoms with Gasteiger partial charge in [-0.2, -0.15) is 5.84 Å². The Kier molecular flexibility index (Phi) is 2.43. The number of hydrogen-bond acceptors (Lipinski definition) is 2. The minimum atomic E-state index is -0.116. The lowest BCUT2D eigenvalue weighted by Gasteiger charge is -1.82. The van der Waals surface area contributed by atoms with E-state index in [1.165, 1.54) is 0 Å². The number of nitrogens with one attached hydrogen (secondary N) is 3. The Bertz CT molecular complexity index is 67.9. The summed E-state index contributed by atoms with van der Waals surface area (Å²) in [6.07, 6.45) is 0. The van der Waals surface area contributed by atoms with Crippen LogP contribution in [-0.4, -0.2) is 5.11 Å². The summed E-state index contributed by atoms with van der Waals surface area (Å²) in [7, 11) is 0. The summed E-state index contributed by atoms with van der Waals surface area (Å²) >= 11 is 4.20. The van der Waals surface area contributed by atoms with Gasteiger partial charge in [-0.1, -0.05) is 0 Å². The fraction of sp³-hybridized carbons (Fsp3) is 0. The molecule has 0 aromatic carbocycles. The highest BCUT2D eigenvalue weighted by molar-refractivity contribution is 7.80. The van der Waals surface area contributed by atoms with Crippen LogP contribution in [0.4, 0.5) is 0 Å². The lowest BCUT2D eigenvalue weighted by molar-refractivity contribution is 0.961. The van der Waals surface area contributed by atoms with Crippen LogP contribution in [0.15, 0.2) is 5.11 Å². The van der Waals surface area contributed by atoms with Gasteiger partial charge in [-0.25, -0.2) is 5.53 Å². The van der Waals surface area contributed by atoms with Gasteiger partial charge in [0, 0.05) is 0 Å². The molecule has 4 nitrogen and oxygen atoms in total. The molecule has 3 N–H and O–H groups in total. The normalized spacial score (nSPS) is 6.83. The third-order valence-electron chi connectivity index (χ3n) is 0.208. The molecule has 0 saturated carbocycles. The van der Waals surface area contributed by atoms with Crippen molar-refractivity contribution < 1.29 is 0 Å². The highest BCUT2D eigenvalue weighted by Gasteiger charge is 1.77. The summed E-state index contributed by atoms with van der Waals surface area (Å²) in [6.45, 7) is 0. The van der Waals surface area contributed by atoms with Crippen LogP contribution in [-0.2, 0) is 0 Å². The predicted octanol–water partition coefficient (Wildman–Crippen LogP) is 0.0898. The maximum absolute atomic E-state index is 6.20. The molecular weight excluding hydrogens is 100 g/mol. The molecule has 0 saturated heterocycles. The van der Waals surface area contributed by atoms with Crippen molar-refractivity contribution in [3.05, 3.63) is 0 Å². The first kappa shape index (κ1) is 5.45. The standard InChI is InChI=1S/CH3N4S/c2-4-1(6)5-3/h2-3H,(H,4,6). The molecule has 0 fully saturated rings. The highest BCUT2D eigenvalue weighted by atomic mass is 32.1. The third-order valence-corrected chi connectivity index (χ3v) is 0.402. The minimum Gasteiger partial charge on any atom is -0.280 e. The zero-order chi connectivity index (χ0) is 4.99. The largest absolute Gasteiger partial charge is 0.280 e. The summed E-state index contributed by atoms with van der Waals surface area (Å²) < 4.78 is 0. The monoisotopic (exact) mass is 103 g/mol. The Labute approximate surface area is 40.2 Å². The summed E-state index contributed by atoms with van der Waals surface area (Å²) in [5.74, 6) is 6.20. The van der Waals surface area contributed by atoms with E-state index in [4.69, 9.17) is 11.4 Å². The van der Waals surface area contributed by atoms with Gasteiger partial charge in [0.1, 0.15) is 0 Å². The van der Waals surface area contributed by atoms with Gasteiger partial charge in [0.05, 0.1) is 0 Å². The topological polar surface area (TPSA) is 72.0 Å². The second kappa shape index (κ2) is 2.67. The van der Waals surface area contributed by atoms with Crippen molar-refractivity contribution >= 4 is 17.3 Å². The van der Waals surface area contributed by atoms with Gasteiger partial charge in [0.2, 0.25) is 5.11 Å². The summed E-state index contributed by atoms with van der Waals surface area (Å²) in [4.78, 5) is 0. The molecule has 0 aliphatic carbocycles. The lowest BCUT2D eigenvalue weighted by Crippen LogP contribution is -2.14. The van der Waals surface area contributed by atoms with Gasteiger partial charge in [-0.05, 0) is 12.2 Å². The fourth-order valence-corrected chi connectivity index (χ4v) is 0.0280. The molecule has 0 unspecified atom stereocenters. The molecule has 0 rings (SSSR count). The van der Waals surface area contributed by atoms with E-state index in [-0.39, 0.29) is 5.11 Å². The van der Waals surface area contributed by atoms with Crippen LogP contribution in [0.1, 0.15) is 0 Å². The van der Waals surface area contributed by atoms with E-state index in [1.54, 1.807) is 5.43 Å². The van der Waals surface area contributed by atoms with Crippen molar-refractivity contribution in [3.8, 4) is 0 Å². The van der Waals surface area contributed by atoms with E-state index in [1.807, 2.05) is 0 Å². The molecule has 0 atom stereocenters. The summed E-state index contributed by atoms with van der Waals surface area (Å²) in [6, 6.07) is 0. The van der Waals surface area contributed by atoms with Gasteiger partial charge in [-0.15, -0.1) is 5.11 Å². The molecule has 0 spiro atoms. The van der Waals surface area contributed by atoms with Gasteiger partial charge in [0.25, 0.3) is 0 Å². The molecule has 33 valence electrons. The third kappa shape index (κ3) is 1.74. The predicted molar refractivity (Wildman–Crippen MR) is 24.0 cm³/mol. The Hall–Kier alpha value is -0.550. The van der Waals surface area contributed by atoms with Crippen LogP contribution in [0.2, 0.25) is 0 Å². The molecule has 0 aliphatic heterocycles. The van der Waals surface area contributed by atoms with Crippen LogP contribution in [0, 0.1) is 5.53 Å². The Balaban J connectivity index is 3.23. The molecule has 1 radical (unpaired) electrons. The van der Waals surface area contributed by atoms with Gasteiger partial charge in [0.15, 0.2) is 0 Å². The van der Waals surface area contributed by atoms with E-state index in [0.29, 0.717) is 0 Å². The Morgan fingerprint density at radius 3 is 2.33 bits per heavy atom. The molecule has 6 heavy (non-hydrogen) atoms. The molecule has 0 amide bonds. The van der Waals surface area contributed by atoms with Crippen LogP contribution in [0.3, 0.4) is 0 Å². The van der Waals surface area contributed by atoms with Gasteiger partial charge < -0.3 is 0 Å². The zero-order valence-corrected chi connectivity index (χ0v) is 3.67. The summed E-state index contributed by atoms with van der Waals surface area (Å²) in [5.41, 5.74) is 7.85. The second-order valence-corrected chi connectivity index (χ2v) is 0.929. The van der Waals surface area contributed by atoms with E-state index < -0.39 is 0 Å². The van der Waals surface area contributed by atoms with Crippen LogP contribution >= 0.6 is 12.2 Å². The van der Waals surface area contributed by atoms with E-state index >= 15 is 0 Å². The van der Waals surface area contributed by atoms with Gasteiger partial charge >= 0.3 is 0 Å². The van der Waals surface area contributed by atoms with Crippen LogP contribution in [0.5, 0.6) is 0 Å². The highest BCUT2D eigenvalue weighted by Crippen LogP contribution is 1.64. The molecule has 0 bridgehead atoms. The first-order chi connectivity index (χ1) is 2.81. The summed E-state index contributed by atoms with van der Waals surface area (Å²) in [5, 5.41) is 2.57. The van der Waals surface area contributed by atoms with Crippen molar-refractivity contribution in [2.24, 2.45) is 5.11 Å². The maximum atomic E-state index is 6.20. The van der Waals surface area contributed by atoms with Crippen molar-refractivity contribution in [2.45, 2.75) is 0 Å². The average molecular weight is 103 g/mol. The maximum Gasteiger partial charge on any atom is 0.228 e. The van der Waals surface area contributed by atoms with Crippen molar-refractivity contribution in [1.82, 2.24) is 11.3 Å². The van der Waals surface area contributed by atoms with Gasteiger partial charge in [-0.3, -0.25) is 5.43 Å². The van der Waals surface area contributed by atoms with Crippen molar-refractivity contribution in [1.29, 1.82) is 5.53 Å². The quantitative estimate of drug-likeness (QED) is 0.259. The SMILES string of the molecule is [NH]NC(=S)N=N. The first-order valence-electron chi connectivity index (χ1n) is 1.15. The van der Waals surface area contributed by atoms with Crippen molar-refractivity contribution in [2.75, 3.05) is 0 Å². The number of rotatable bonds is 0. The lowest BCUT2D eigenvalue weighted by atomic mass is 11.2. The average Bonchev–Trinajstić information content (AvgIpc) is 1.65. The Morgan fingerprint density at radius 2 is 2.33 bits per heavy atom. The minimum absolute atomic E-state index is 0.116. The second-order valence-electron chi connectivity index (χ2n) is 0.542. The number of thiocarbonyl (C=S) groups is 1. The molecule has 0 aromatic rings. The molecular formula is CH3N4S. The van der Waals surface area contributed by atoms with Crippen molar-refractivity contribution in [3.63, 3.8) is 0 Å². The van der Waals surface area contributed by atoms with E-state index in [0.717, 1.165) is 0 Å². The van der Waals surface area contributed by atoms with Crippen LogP contribution in [0.25, 0.3) is 0 Å². The molecule has 0 heterocycles.